The molecule has 0 radical (unpaired) electrons. The molecule has 0 saturated heterocycles. The van der Waals surface area contributed by atoms with Crippen molar-refractivity contribution in [1.82, 2.24) is 4.98 Å². The highest BCUT2D eigenvalue weighted by molar-refractivity contribution is 6.18. The Kier molecular flexibility index (Phi) is 4.21. The number of halogens is 1. The maximum Gasteiger partial charge on any atom is 0.0402 e. The van der Waals surface area contributed by atoms with Crippen molar-refractivity contribution in [3.8, 4) is 0 Å². The average molecular weight is 213 g/mol. The van der Waals surface area contributed by atoms with E-state index in [0.29, 0.717) is 17.8 Å². The van der Waals surface area contributed by atoms with Crippen LogP contribution in [0.1, 0.15) is 19.4 Å². The van der Waals surface area contributed by atoms with Crippen LogP contribution in [0, 0.1) is 12.8 Å². The van der Waals surface area contributed by atoms with E-state index in [2.05, 4.69) is 24.1 Å². The highest BCUT2D eigenvalue weighted by atomic mass is 35.5. The highest BCUT2D eigenvalue weighted by Gasteiger charge is 2.11. The number of aryl methyl sites for hydroxylation is 1. The van der Waals surface area contributed by atoms with E-state index >= 15 is 0 Å². The normalized spacial score (nSPS) is 14.9. The lowest BCUT2D eigenvalue weighted by atomic mass is 10.1. The summed E-state index contributed by atoms with van der Waals surface area (Å²) in [6.07, 6.45) is 3.66. The Hall–Kier alpha value is -0.760. The van der Waals surface area contributed by atoms with E-state index in [4.69, 9.17) is 11.6 Å². The Balaban J connectivity index is 2.64. The number of nitrogens with zero attached hydrogens (tertiary/aromatic N) is 1. The molecule has 0 amide bonds. The molecule has 78 valence electrons. The van der Waals surface area contributed by atoms with Crippen LogP contribution < -0.4 is 5.32 Å². The highest BCUT2D eigenvalue weighted by Crippen LogP contribution is 2.16. The predicted molar refractivity (Wildman–Crippen MR) is 61.9 cm³/mol. The zero-order chi connectivity index (χ0) is 10.6. The number of aromatic nitrogens is 1. The Labute approximate surface area is 90.7 Å². The second kappa shape index (κ2) is 5.20. The topological polar surface area (TPSA) is 24.9 Å². The molecule has 0 spiro atoms. The monoisotopic (exact) mass is 212 g/mol. The van der Waals surface area contributed by atoms with Crippen molar-refractivity contribution in [2.75, 3.05) is 11.2 Å². The summed E-state index contributed by atoms with van der Waals surface area (Å²) in [6.45, 7) is 6.33. The predicted octanol–water partition coefficient (Wildman–Crippen LogP) is 3.07. The fourth-order valence-electron chi connectivity index (χ4n) is 1.16. The molecule has 2 nitrogen and oxygen atoms in total. The summed E-state index contributed by atoms with van der Waals surface area (Å²) in [5.41, 5.74) is 2.31. The number of hydrogen-bond donors (Lipinski definition) is 1. The van der Waals surface area contributed by atoms with Crippen molar-refractivity contribution in [3.05, 3.63) is 24.0 Å². The molecule has 3 heteroatoms. The molecule has 0 aromatic carbocycles. The van der Waals surface area contributed by atoms with E-state index < -0.39 is 0 Å². The molecule has 2 unspecified atom stereocenters. The van der Waals surface area contributed by atoms with Gasteiger partial charge in [-0.25, -0.2) is 0 Å². The lowest BCUT2D eigenvalue weighted by molar-refractivity contribution is 0.565. The summed E-state index contributed by atoms with van der Waals surface area (Å²) in [4.78, 5) is 4.05. The second-order valence-electron chi connectivity index (χ2n) is 3.76. The van der Waals surface area contributed by atoms with Gasteiger partial charge >= 0.3 is 0 Å². The SMILES string of the molecule is Cc1cnccc1NC(C)C(C)CCl. The van der Waals surface area contributed by atoms with Crippen LogP contribution in [-0.2, 0) is 0 Å². The van der Waals surface area contributed by atoms with E-state index in [1.807, 2.05) is 19.2 Å². The molecule has 0 saturated carbocycles. The first kappa shape index (κ1) is 11.3. The van der Waals surface area contributed by atoms with Gasteiger partial charge in [0.1, 0.15) is 0 Å². The molecule has 0 aliphatic heterocycles. The van der Waals surface area contributed by atoms with Crippen molar-refractivity contribution >= 4 is 17.3 Å². The number of nitrogens with one attached hydrogen (secondary N) is 1. The van der Waals surface area contributed by atoms with Gasteiger partial charge in [-0.15, -0.1) is 11.6 Å². The number of rotatable bonds is 4. The minimum atomic E-state index is 0.383. The molecular weight excluding hydrogens is 196 g/mol. The molecule has 0 fully saturated rings. The first-order valence-electron chi connectivity index (χ1n) is 4.88. The van der Waals surface area contributed by atoms with Gasteiger partial charge in [-0.05, 0) is 31.4 Å². The fraction of sp³-hybridized carbons (Fsp3) is 0.545. The van der Waals surface area contributed by atoms with Gasteiger partial charge in [-0.3, -0.25) is 4.98 Å². The van der Waals surface area contributed by atoms with Gasteiger partial charge in [-0.1, -0.05) is 6.92 Å². The van der Waals surface area contributed by atoms with Gasteiger partial charge in [0.05, 0.1) is 0 Å². The third kappa shape index (κ3) is 2.88. The molecule has 1 heterocycles. The molecule has 1 rings (SSSR count). The van der Waals surface area contributed by atoms with Gasteiger partial charge in [0.25, 0.3) is 0 Å². The average Bonchev–Trinajstić information content (AvgIpc) is 2.20. The third-order valence-electron chi connectivity index (χ3n) is 2.50. The molecule has 1 N–H and O–H groups in total. The molecule has 14 heavy (non-hydrogen) atoms. The fourth-order valence-corrected chi connectivity index (χ4v) is 1.42. The molecule has 0 bridgehead atoms. The van der Waals surface area contributed by atoms with E-state index in [1.165, 1.54) is 5.56 Å². The summed E-state index contributed by atoms with van der Waals surface area (Å²) < 4.78 is 0. The summed E-state index contributed by atoms with van der Waals surface area (Å²) in [5.74, 6) is 1.14. The van der Waals surface area contributed by atoms with Gasteiger partial charge in [-0.2, -0.15) is 0 Å². The maximum absolute atomic E-state index is 5.80. The van der Waals surface area contributed by atoms with Crippen LogP contribution in [0.4, 0.5) is 5.69 Å². The van der Waals surface area contributed by atoms with E-state index in [9.17, 15) is 0 Å². The number of hydrogen-bond acceptors (Lipinski definition) is 2. The van der Waals surface area contributed by atoms with Crippen molar-refractivity contribution in [2.45, 2.75) is 26.8 Å². The molecular formula is C11H17ClN2. The van der Waals surface area contributed by atoms with Crippen LogP contribution in [0.15, 0.2) is 18.5 Å². The van der Waals surface area contributed by atoms with Crippen molar-refractivity contribution < 1.29 is 0 Å². The van der Waals surface area contributed by atoms with E-state index in [1.54, 1.807) is 6.20 Å². The lowest BCUT2D eigenvalue weighted by Gasteiger charge is -2.21. The van der Waals surface area contributed by atoms with Crippen LogP contribution in [0.2, 0.25) is 0 Å². The van der Waals surface area contributed by atoms with Crippen LogP contribution in [0.5, 0.6) is 0 Å². The Bertz CT molecular complexity index is 288. The first-order valence-corrected chi connectivity index (χ1v) is 5.41. The van der Waals surface area contributed by atoms with Gasteiger partial charge in [0.2, 0.25) is 0 Å². The Morgan fingerprint density at radius 3 is 2.79 bits per heavy atom. The van der Waals surface area contributed by atoms with Crippen molar-refractivity contribution in [1.29, 1.82) is 0 Å². The number of alkyl halides is 1. The maximum atomic E-state index is 5.80. The Morgan fingerprint density at radius 2 is 2.21 bits per heavy atom. The molecule has 2 atom stereocenters. The summed E-state index contributed by atoms with van der Waals surface area (Å²) >= 11 is 5.80. The quantitative estimate of drug-likeness (QED) is 0.776. The van der Waals surface area contributed by atoms with Crippen LogP contribution in [-0.4, -0.2) is 16.9 Å². The molecule has 1 aromatic rings. The Morgan fingerprint density at radius 1 is 1.50 bits per heavy atom. The summed E-state index contributed by atoms with van der Waals surface area (Å²) in [5, 5.41) is 3.44. The van der Waals surface area contributed by atoms with Gasteiger partial charge in [0.15, 0.2) is 0 Å². The lowest BCUT2D eigenvalue weighted by Crippen LogP contribution is -2.25. The van der Waals surface area contributed by atoms with Crippen molar-refractivity contribution in [3.63, 3.8) is 0 Å². The summed E-state index contributed by atoms with van der Waals surface area (Å²) in [6, 6.07) is 2.38. The van der Waals surface area contributed by atoms with Crippen LogP contribution in [0.25, 0.3) is 0 Å². The standard InChI is InChI=1S/C11H17ClN2/c1-8(6-12)10(3)14-11-4-5-13-7-9(11)2/h4-5,7-8,10H,6H2,1-3H3,(H,13,14). The third-order valence-corrected chi connectivity index (χ3v) is 2.99. The molecule has 0 aliphatic carbocycles. The minimum absolute atomic E-state index is 0.383. The molecule has 0 aliphatic rings. The zero-order valence-electron chi connectivity index (χ0n) is 8.92. The first-order chi connectivity index (χ1) is 6.65. The number of anilines is 1. The van der Waals surface area contributed by atoms with E-state index in [-0.39, 0.29) is 0 Å². The molecule has 1 aromatic heterocycles. The van der Waals surface area contributed by atoms with Gasteiger partial charge in [0, 0.05) is 30.0 Å². The van der Waals surface area contributed by atoms with E-state index in [0.717, 1.165) is 5.69 Å². The smallest absolute Gasteiger partial charge is 0.0402 e. The van der Waals surface area contributed by atoms with Crippen molar-refractivity contribution in [2.24, 2.45) is 5.92 Å². The van der Waals surface area contributed by atoms with Gasteiger partial charge < -0.3 is 5.32 Å². The number of pyridine rings is 1. The van der Waals surface area contributed by atoms with Crippen LogP contribution in [0.3, 0.4) is 0 Å². The zero-order valence-corrected chi connectivity index (χ0v) is 9.67. The second-order valence-corrected chi connectivity index (χ2v) is 4.06. The summed E-state index contributed by atoms with van der Waals surface area (Å²) in [7, 11) is 0. The van der Waals surface area contributed by atoms with Crippen LogP contribution >= 0.6 is 11.6 Å². The largest absolute Gasteiger partial charge is 0.382 e. The minimum Gasteiger partial charge on any atom is -0.382 e.